The molecule has 19 heavy (non-hydrogen) atoms. The predicted octanol–water partition coefficient (Wildman–Crippen LogP) is 2.09. The second-order valence-electron chi connectivity index (χ2n) is 4.67. The van der Waals surface area contributed by atoms with Crippen LogP contribution in [0.4, 0.5) is 0 Å². The fraction of sp³-hybridized carbons (Fsp3) is 0.462. The van der Waals surface area contributed by atoms with Crippen molar-refractivity contribution in [2.45, 2.75) is 31.8 Å². The van der Waals surface area contributed by atoms with E-state index < -0.39 is 0 Å². The van der Waals surface area contributed by atoms with Gasteiger partial charge in [-0.3, -0.25) is 9.48 Å². The Morgan fingerprint density at radius 3 is 3.21 bits per heavy atom. The molecule has 1 atom stereocenters. The van der Waals surface area contributed by atoms with Gasteiger partial charge in [-0.25, -0.2) is 4.98 Å². The molecule has 100 valence electrons. The van der Waals surface area contributed by atoms with Crippen LogP contribution in [0.25, 0.3) is 0 Å². The number of thiophene rings is 1. The van der Waals surface area contributed by atoms with Crippen LogP contribution in [0.15, 0.2) is 30.2 Å². The van der Waals surface area contributed by atoms with Gasteiger partial charge in [-0.15, -0.1) is 11.3 Å². The van der Waals surface area contributed by atoms with E-state index in [0.717, 1.165) is 19.4 Å². The smallest absolute Gasteiger partial charge is 0.224 e. The minimum atomic E-state index is 0.214. The lowest BCUT2D eigenvalue weighted by molar-refractivity contribution is -0.132. The average molecular weight is 276 g/mol. The summed E-state index contributed by atoms with van der Waals surface area (Å²) in [6.07, 6.45) is 5.81. The Kier molecular flexibility index (Phi) is 3.59. The zero-order valence-electron chi connectivity index (χ0n) is 10.6. The van der Waals surface area contributed by atoms with E-state index in [1.807, 2.05) is 4.90 Å². The molecular weight excluding hydrogens is 260 g/mol. The van der Waals surface area contributed by atoms with Crippen molar-refractivity contribution in [1.29, 1.82) is 0 Å². The third-order valence-electron chi connectivity index (χ3n) is 3.47. The topological polar surface area (TPSA) is 51.0 Å². The highest BCUT2D eigenvalue weighted by Crippen LogP contribution is 2.34. The van der Waals surface area contributed by atoms with Gasteiger partial charge in [0.25, 0.3) is 0 Å². The monoisotopic (exact) mass is 276 g/mol. The van der Waals surface area contributed by atoms with Crippen LogP contribution in [0.5, 0.6) is 0 Å². The summed E-state index contributed by atoms with van der Waals surface area (Å²) in [5.74, 6) is 0.214. The maximum Gasteiger partial charge on any atom is 0.224 e. The number of rotatable bonds is 4. The Morgan fingerprint density at radius 1 is 1.53 bits per heavy atom. The predicted molar refractivity (Wildman–Crippen MR) is 72.6 cm³/mol. The summed E-state index contributed by atoms with van der Waals surface area (Å²) in [5.41, 5.74) is 0. The Bertz CT molecular complexity index is 523. The maximum atomic E-state index is 12.3. The molecule has 1 aliphatic heterocycles. The summed E-state index contributed by atoms with van der Waals surface area (Å²) >= 11 is 1.74. The molecule has 5 nitrogen and oxygen atoms in total. The van der Waals surface area contributed by atoms with Gasteiger partial charge in [-0.2, -0.15) is 5.10 Å². The highest BCUT2D eigenvalue weighted by molar-refractivity contribution is 7.10. The summed E-state index contributed by atoms with van der Waals surface area (Å²) in [7, 11) is 0. The first-order valence-corrected chi connectivity index (χ1v) is 7.38. The van der Waals surface area contributed by atoms with Gasteiger partial charge in [0, 0.05) is 17.8 Å². The Hall–Kier alpha value is -1.69. The van der Waals surface area contributed by atoms with E-state index in [-0.39, 0.29) is 11.9 Å². The van der Waals surface area contributed by atoms with Crippen LogP contribution < -0.4 is 0 Å². The van der Waals surface area contributed by atoms with Crippen LogP contribution in [-0.2, 0) is 11.3 Å². The van der Waals surface area contributed by atoms with Crippen LogP contribution in [0.1, 0.15) is 30.2 Å². The number of aryl methyl sites for hydroxylation is 1. The second-order valence-corrected chi connectivity index (χ2v) is 5.65. The SMILES string of the molecule is O=C(CCn1cncn1)N1CCC[C@H]1c1cccs1. The molecule has 0 unspecified atom stereocenters. The second kappa shape index (κ2) is 5.52. The summed E-state index contributed by atoms with van der Waals surface area (Å²) in [6, 6.07) is 4.46. The van der Waals surface area contributed by atoms with E-state index in [0.29, 0.717) is 13.0 Å². The van der Waals surface area contributed by atoms with Crippen molar-refractivity contribution < 1.29 is 4.79 Å². The average Bonchev–Trinajstić information content (AvgIpc) is 3.14. The summed E-state index contributed by atoms with van der Waals surface area (Å²) < 4.78 is 1.70. The van der Waals surface area contributed by atoms with E-state index in [2.05, 4.69) is 27.6 Å². The molecule has 0 spiro atoms. The Morgan fingerprint density at radius 2 is 2.47 bits per heavy atom. The van der Waals surface area contributed by atoms with E-state index in [4.69, 9.17) is 0 Å². The number of likely N-dealkylation sites (tertiary alicyclic amines) is 1. The standard InChI is InChI=1S/C13H16N4OS/c18-13(5-7-16-10-14-9-15-16)17-6-1-3-11(17)12-4-2-8-19-12/h2,4,8-11H,1,3,5-7H2/t11-/m0/s1. The molecule has 0 bridgehead atoms. The molecule has 2 aromatic rings. The molecular formula is C13H16N4OS. The van der Waals surface area contributed by atoms with Crippen molar-refractivity contribution in [1.82, 2.24) is 19.7 Å². The van der Waals surface area contributed by atoms with Gasteiger partial charge in [0.15, 0.2) is 0 Å². The van der Waals surface area contributed by atoms with Crippen molar-refractivity contribution in [3.8, 4) is 0 Å². The van der Waals surface area contributed by atoms with Crippen LogP contribution >= 0.6 is 11.3 Å². The highest BCUT2D eigenvalue weighted by Gasteiger charge is 2.30. The number of nitrogens with zero attached hydrogens (tertiary/aromatic N) is 4. The van der Waals surface area contributed by atoms with Gasteiger partial charge in [0.2, 0.25) is 5.91 Å². The lowest BCUT2D eigenvalue weighted by Gasteiger charge is -2.23. The highest BCUT2D eigenvalue weighted by atomic mass is 32.1. The van der Waals surface area contributed by atoms with E-state index in [1.54, 1.807) is 22.3 Å². The zero-order valence-corrected chi connectivity index (χ0v) is 11.4. The van der Waals surface area contributed by atoms with Crippen molar-refractivity contribution in [2.75, 3.05) is 6.54 Å². The third kappa shape index (κ3) is 2.68. The van der Waals surface area contributed by atoms with E-state index >= 15 is 0 Å². The minimum absolute atomic E-state index is 0.214. The zero-order chi connectivity index (χ0) is 13.1. The molecule has 0 aromatic carbocycles. The minimum Gasteiger partial charge on any atom is -0.335 e. The molecule has 1 saturated heterocycles. The molecule has 0 aliphatic carbocycles. The van der Waals surface area contributed by atoms with Crippen LogP contribution in [0.2, 0.25) is 0 Å². The molecule has 6 heteroatoms. The third-order valence-corrected chi connectivity index (χ3v) is 4.44. The molecule has 2 aromatic heterocycles. The number of carbonyl (C=O) groups excluding carboxylic acids is 1. The summed E-state index contributed by atoms with van der Waals surface area (Å²) in [4.78, 5) is 19.5. The van der Waals surface area contributed by atoms with Crippen LogP contribution in [-0.4, -0.2) is 32.1 Å². The molecule has 1 amide bonds. The number of carbonyl (C=O) groups is 1. The summed E-state index contributed by atoms with van der Waals surface area (Å²) in [6.45, 7) is 1.48. The molecule has 0 N–H and O–H groups in total. The van der Waals surface area contributed by atoms with Gasteiger partial charge in [0.1, 0.15) is 12.7 Å². The molecule has 1 fully saturated rings. The molecule has 1 aliphatic rings. The van der Waals surface area contributed by atoms with Crippen molar-refractivity contribution in [3.05, 3.63) is 35.0 Å². The lowest BCUT2D eigenvalue weighted by Crippen LogP contribution is -2.30. The number of hydrogen-bond acceptors (Lipinski definition) is 4. The number of hydrogen-bond donors (Lipinski definition) is 0. The number of amides is 1. The van der Waals surface area contributed by atoms with E-state index in [1.165, 1.54) is 11.2 Å². The van der Waals surface area contributed by atoms with Gasteiger partial charge >= 0.3 is 0 Å². The molecule has 0 saturated carbocycles. The van der Waals surface area contributed by atoms with Crippen molar-refractivity contribution in [3.63, 3.8) is 0 Å². The Balaban J connectivity index is 1.62. The van der Waals surface area contributed by atoms with Gasteiger partial charge in [0.05, 0.1) is 12.6 Å². The lowest BCUT2D eigenvalue weighted by atomic mass is 10.2. The van der Waals surface area contributed by atoms with Crippen LogP contribution in [0, 0.1) is 0 Å². The quantitative estimate of drug-likeness (QED) is 0.859. The molecule has 3 rings (SSSR count). The fourth-order valence-electron chi connectivity index (χ4n) is 2.54. The largest absolute Gasteiger partial charge is 0.335 e. The first-order valence-electron chi connectivity index (χ1n) is 6.50. The van der Waals surface area contributed by atoms with Gasteiger partial charge < -0.3 is 4.90 Å². The van der Waals surface area contributed by atoms with Crippen molar-refractivity contribution in [2.24, 2.45) is 0 Å². The molecule has 3 heterocycles. The molecule has 0 radical (unpaired) electrons. The number of aromatic nitrogens is 3. The first-order chi connectivity index (χ1) is 9.34. The first kappa shape index (κ1) is 12.3. The normalized spacial score (nSPS) is 18.9. The van der Waals surface area contributed by atoms with E-state index in [9.17, 15) is 4.79 Å². The van der Waals surface area contributed by atoms with Gasteiger partial charge in [-0.1, -0.05) is 6.07 Å². The van der Waals surface area contributed by atoms with Crippen LogP contribution in [0.3, 0.4) is 0 Å². The van der Waals surface area contributed by atoms with Crippen molar-refractivity contribution >= 4 is 17.2 Å². The van der Waals surface area contributed by atoms with Gasteiger partial charge in [-0.05, 0) is 24.3 Å². The fourth-order valence-corrected chi connectivity index (χ4v) is 3.42. The summed E-state index contributed by atoms with van der Waals surface area (Å²) in [5, 5.41) is 6.10. The maximum absolute atomic E-state index is 12.3. The Labute approximate surface area is 115 Å².